The highest BCUT2D eigenvalue weighted by Gasteiger charge is 2.42. The maximum atomic E-state index is 13.3. The minimum atomic E-state index is -4.99. The summed E-state index contributed by atoms with van der Waals surface area (Å²) < 4.78 is 78.2. The number of aliphatic hydroxyl groups is 1. The maximum absolute atomic E-state index is 13.3. The van der Waals surface area contributed by atoms with Crippen LogP contribution in [0.4, 0.5) is 26.3 Å². The summed E-state index contributed by atoms with van der Waals surface area (Å²) in [6.07, 6.45) is -7.67. The first kappa shape index (κ1) is 22.0. The number of hydrogen-bond acceptors (Lipinski definition) is 3. The van der Waals surface area contributed by atoms with E-state index in [1.165, 1.54) is 6.08 Å². The number of nitrogens with one attached hydrogen (secondary N) is 1. The molecule has 1 unspecified atom stereocenters. The molecule has 2 aromatic rings. The van der Waals surface area contributed by atoms with Gasteiger partial charge in [-0.25, -0.2) is 0 Å². The summed E-state index contributed by atoms with van der Waals surface area (Å²) in [6.45, 7) is 1.52. The summed E-state index contributed by atoms with van der Waals surface area (Å²) in [5.41, 5.74) is -1.20. The van der Waals surface area contributed by atoms with Crippen molar-refractivity contribution in [1.82, 2.24) is 5.32 Å². The monoisotopic (exact) mass is 423 g/mol. The van der Waals surface area contributed by atoms with Gasteiger partial charge in [0.25, 0.3) is 0 Å². The number of halogens is 6. The van der Waals surface area contributed by atoms with Gasteiger partial charge in [0.15, 0.2) is 6.04 Å². The fourth-order valence-corrected chi connectivity index (χ4v) is 3.32. The molecule has 10 heteroatoms. The lowest BCUT2D eigenvalue weighted by Gasteiger charge is -2.22. The number of thiophene rings is 1. The van der Waals surface area contributed by atoms with Crippen LogP contribution < -0.4 is 5.32 Å². The van der Waals surface area contributed by atoms with Crippen LogP contribution in [-0.2, 0) is 17.6 Å². The van der Waals surface area contributed by atoms with Crippen LogP contribution in [0.15, 0.2) is 36.4 Å². The number of carbonyl (C=O) groups is 1. The SMILES string of the molecule is Cc1cc(/C=C/C(=O)NC(c2cccc(C(F)(F)F)c2)C(F)(F)F)sc1CO. The van der Waals surface area contributed by atoms with Gasteiger partial charge in [0, 0.05) is 15.8 Å². The van der Waals surface area contributed by atoms with Gasteiger partial charge < -0.3 is 10.4 Å². The zero-order chi connectivity index (χ0) is 21.1. The predicted molar refractivity (Wildman–Crippen MR) is 92.4 cm³/mol. The van der Waals surface area contributed by atoms with E-state index in [9.17, 15) is 31.1 Å². The van der Waals surface area contributed by atoms with E-state index in [0.717, 1.165) is 35.1 Å². The molecular formula is C18H15F6NO2S. The third-order valence-electron chi connectivity index (χ3n) is 3.74. The summed E-state index contributed by atoms with van der Waals surface area (Å²) >= 11 is 1.16. The second kappa shape index (κ2) is 8.36. The van der Waals surface area contributed by atoms with Crippen molar-refractivity contribution in [3.63, 3.8) is 0 Å². The average molecular weight is 423 g/mol. The Morgan fingerprint density at radius 3 is 2.43 bits per heavy atom. The van der Waals surface area contributed by atoms with Crippen molar-refractivity contribution in [3.8, 4) is 0 Å². The molecule has 1 aromatic carbocycles. The topological polar surface area (TPSA) is 49.3 Å². The zero-order valence-corrected chi connectivity index (χ0v) is 15.2. The van der Waals surface area contributed by atoms with Gasteiger partial charge in [0.1, 0.15) is 0 Å². The Morgan fingerprint density at radius 1 is 1.21 bits per heavy atom. The van der Waals surface area contributed by atoms with Crippen molar-refractivity contribution in [1.29, 1.82) is 0 Å². The van der Waals surface area contributed by atoms with Crippen molar-refractivity contribution < 1.29 is 36.2 Å². The summed E-state index contributed by atoms with van der Waals surface area (Å²) in [5.74, 6) is -1.11. The van der Waals surface area contributed by atoms with Crippen LogP contribution in [0.25, 0.3) is 6.08 Å². The molecule has 0 saturated carbocycles. The van der Waals surface area contributed by atoms with E-state index in [2.05, 4.69) is 0 Å². The number of rotatable bonds is 5. The van der Waals surface area contributed by atoms with Crippen LogP contribution >= 0.6 is 11.3 Å². The lowest BCUT2D eigenvalue weighted by Crippen LogP contribution is -2.37. The van der Waals surface area contributed by atoms with Gasteiger partial charge in [-0.2, -0.15) is 26.3 Å². The number of carbonyl (C=O) groups excluding carboxylic acids is 1. The van der Waals surface area contributed by atoms with Gasteiger partial charge in [-0.3, -0.25) is 4.79 Å². The lowest BCUT2D eigenvalue weighted by molar-refractivity contribution is -0.162. The minimum absolute atomic E-state index is 0.206. The molecule has 1 heterocycles. The number of benzene rings is 1. The number of amides is 1. The van der Waals surface area contributed by atoms with E-state index < -0.39 is 35.4 Å². The van der Waals surface area contributed by atoms with Gasteiger partial charge in [0.2, 0.25) is 5.91 Å². The van der Waals surface area contributed by atoms with Gasteiger partial charge in [-0.15, -0.1) is 11.3 Å². The fourth-order valence-electron chi connectivity index (χ4n) is 2.38. The van der Waals surface area contributed by atoms with Gasteiger partial charge >= 0.3 is 12.4 Å². The first-order chi connectivity index (χ1) is 12.9. The predicted octanol–water partition coefficient (Wildman–Crippen LogP) is 5.00. The number of hydrogen-bond donors (Lipinski definition) is 2. The van der Waals surface area contributed by atoms with Crippen LogP contribution in [0.1, 0.15) is 32.5 Å². The molecule has 0 radical (unpaired) electrons. The minimum Gasteiger partial charge on any atom is -0.391 e. The molecule has 0 spiro atoms. The van der Waals surface area contributed by atoms with Crippen molar-refractivity contribution >= 4 is 23.3 Å². The number of aryl methyl sites for hydroxylation is 1. The van der Waals surface area contributed by atoms with Crippen LogP contribution in [0.3, 0.4) is 0 Å². The van der Waals surface area contributed by atoms with E-state index in [0.29, 0.717) is 21.9 Å². The smallest absolute Gasteiger partial charge is 0.391 e. The Hall–Kier alpha value is -2.33. The van der Waals surface area contributed by atoms with E-state index in [4.69, 9.17) is 5.11 Å². The van der Waals surface area contributed by atoms with Crippen LogP contribution in [-0.4, -0.2) is 17.2 Å². The Kier molecular flexibility index (Phi) is 6.56. The number of aliphatic hydroxyl groups excluding tert-OH is 1. The van der Waals surface area contributed by atoms with Gasteiger partial charge in [-0.05, 0) is 42.3 Å². The van der Waals surface area contributed by atoms with Crippen molar-refractivity contribution in [2.24, 2.45) is 0 Å². The largest absolute Gasteiger partial charge is 0.416 e. The van der Waals surface area contributed by atoms with Crippen LogP contribution in [0, 0.1) is 6.92 Å². The van der Waals surface area contributed by atoms with Crippen molar-refractivity contribution in [2.75, 3.05) is 0 Å². The average Bonchev–Trinajstić information content (AvgIpc) is 2.96. The summed E-state index contributed by atoms with van der Waals surface area (Å²) in [7, 11) is 0. The van der Waals surface area contributed by atoms with E-state index in [-0.39, 0.29) is 6.61 Å². The summed E-state index contributed by atoms with van der Waals surface area (Å²) in [6, 6.07) is 1.78. The quantitative estimate of drug-likeness (QED) is 0.525. The highest BCUT2D eigenvalue weighted by molar-refractivity contribution is 7.13. The Labute approximate surface area is 160 Å². The zero-order valence-electron chi connectivity index (χ0n) is 14.4. The highest BCUT2D eigenvalue weighted by Crippen LogP contribution is 2.36. The Balaban J connectivity index is 2.23. The molecule has 3 nitrogen and oxygen atoms in total. The Morgan fingerprint density at radius 2 is 1.89 bits per heavy atom. The normalized spacial score (nSPS) is 13.7. The van der Waals surface area contributed by atoms with Crippen LogP contribution in [0.2, 0.25) is 0 Å². The molecule has 2 N–H and O–H groups in total. The molecule has 28 heavy (non-hydrogen) atoms. The standard InChI is InChI=1S/C18H15F6NO2S/c1-10-7-13(28-14(10)9-26)5-6-15(27)25-16(18(22,23)24)11-3-2-4-12(8-11)17(19,20)21/h2-8,16,26H,9H2,1H3,(H,25,27)/b6-5+. The second-order valence-corrected chi connectivity index (χ2v) is 7.02. The molecular weight excluding hydrogens is 408 g/mol. The molecule has 0 fully saturated rings. The molecule has 1 atom stereocenters. The maximum Gasteiger partial charge on any atom is 0.416 e. The lowest BCUT2D eigenvalue weighted by atomic mass is 10.0. The molecule has 1 amide bonds. The van der Waals surface area contributed by atoms with E-state index in [1.807, 2.05) is 0 Å². The van der Waals surface area contributed by atoms with E-state index >= 15 is 0 Å². The Bertz CT molecular complexity index is 870. The first-order valence-electron chi connectivity index (χ1n) is 7.84. The van der Waals surface area contributed by atoms with Crippen molar-refractivity contribution in [2.45, 2.75) is 31.9 Å². The fraction of sp³-hybridized carbons (Fsp3) is 0.278. The number of alkyl halides is 6. The molecule has 0 aliphatic carbocycles. The third kappa shape index (κ3) is 5.59. The molecule has 0 aliphatic rings. The first-order valence-corrected chi connectivity index (χ1v) is 8.66. The van der Waals surface area contributed by atoms with Crippen molar-refractivity contribution in [3.05, 3.63) is 62.9 Å². The molecule has 0 aliphatic heterocycles. The van der Waals surface area contributed by atoms with E-state index in [1.54, 1.807) is 18.3 Å². The summed E-state index contributed by atoms with van der Waals surface area (Å²) in [4.78, 5) is 13.1. The molecule has 152 valence electrons. The van der Waals surface area contributed by atoms with Gasteiger partial charge in [-0.1, -0.05) is 12.1 Å². The molecule has 1 aromatic heterocycles. The molecule has 0 saturated heterocycles. The molecule has 2 rings (SSSR count). The summed E-state index contributed by atoms with van der Waals surface area (Å²) in [5, 5.41) is 10.8. The van der Waals surface area contributed by atoms with Gasteiger partial charge in [0.05, 0.1) is 12.2 Å². The van der Waals surface area contributed by atoms with Crippen LogP contribution in [0.5, 0.6) is 0 Å². The highest BCUT2D eigenvalue weighted by atomic mass is 32.1. The third-order valence-corrected chi connectivity index (χ3v) is 4.93. The second-order valence-electron chi connectivity index (χ2n) is 5.85. The molecule has 0 bridgehead atoms.